The number of nitrogens with zero attached hydrogens (tertiary/aromatic N) is 1. The van der Waals surface area contributed by atoms with Gasteiger partial charge >= 0.3 is 0 Å². The molecule has 0 aromatic heterocycles. The molecule has 80 valence electrons. The topological polar surface area (TPSA) is 20.3 Å². The van der Waals surface area contributed by atoms with Crippen LogP contribution in [0.2, 0.25) is 0 Å². The van der Waals surface area contributed by atoms with Crippen LogP contribution in [-0.2, 0) is 4.79 Å². The van der Waals surface area contributed by atoms with E-state index in [9.17, 15) is 4.79 Å². The molecule has 0 spiro atoms. The summed E-state index contributed by atoms with van der Waals surface area (Å²) in [5, 5.41) is 0. The minimum atomic E-state index is 0.189. The lowest BCUT2D eigenvalue weighted by Crippen LogP contribution is -2.31. The lowest BCUT2D eigenvalue weighted by molar-refractivity contribution is -0.126. The molecule has 0 aliphatic carbocycles. The molecule has 0 atom stereocenters. The van der Waals surface area contributed by atoms with Gasteiger partial charge in [-0.15, -0.1) is 0 Å². The largest absolute Gasteiger partial charge is 0.339 e. The Morgan fingerprint density at radius 3 is 2.00 bits per heavy atom. The second-order valence-corrected chi connectivity index (χ2v) is 3.95. The predicted molar refractivity (Wildman–Crippen MR) is 59.1 cm³/mol. The van der Waals surface area contributed by atoms with Crippen molar-refractivity contribution in [3.8, 4) is 0 Å². The first-order valence-electron chi connectivity index (χ1n) is 5.76. The van der Waals surface area contributed by atoms with Crippen LogP contribution in [0.25, 0.3) is 0 Å². The van der Waals surface area contributed by atoms with Gasteiger partial charge in [0.25, 0.3) is 0 Å². The normalized spacial score (nSPS) is 20.2. The van der Waals surface area contributed by atoms with Crippen molar-refractivity contribution in [1.29, 1.82) is 0 Å². The number of rotatable bonds is 1. The summed E-state index contributed by atoms with van der Waals surface area (Å²) in [5.74, 6) is 0.189. The average molecular weight is 195 g/mol. The molecule has 0 bridgehead atoms. The van der Waals surface area contributed by atoms with E-state index in [1.165, 1.54) is 38.5 Å². The molecule has 0 radical (unpaired) electrons. The lowest BCUT2D eigenvalue weighted by atomic mass is 10.1. The molecular formula is C12H21NO. The molecule has 2 heteroatoms. The number of allylic oxidation sites excluding steroid dienone is 1. The van der Waals surface area contributed by atoms with Gasteiger partial charge in [0.05, 0.1) is 0 Å². The van der Waals surface area contributed by atoms with E-state index in [0.29, 0.717) is 0 Å². The fraction of sp³-hybridized carbons (Fsp3) is 0.750. The van der Waals surface area contributed by atoms with Gasteiger partial charge in [-0.2, -0.15) is 0 Å². The van der Waals surface area contributed by atoms with E-state index < -0.39 is 0 Å². The van der Waals surface area contributed by atoms with Crippen molar-refractivity contribution in [2.75, 3.05) is 13.1 Å². The lowest BCUT2D eigenvalue weighted by Gasteiger charge is -2.20. The van der Waals surface area contributed by atoms with Crippen molar-refractivity contribution in [3.63, 3.8) is 0 Å². The minimum Gasteiger partial charge on any atom is -0.339 e. The molecule has 0 N–H and O–H groups in total. The van der Waals surface area contributed by atoms with E-state index in [1.807, 2.05) is 17.9 Å². The van der Waals surface area contributed by atoms with Crippen LogP contribution in [0, 0.1) is 0 Å². The highest BCUT2D eigenvalue weighted by Crippen LogP contribution is 2.11. The summed E-state index contributed by atoms with van der Waals surface area (Å²) in [4.78, 5) is 13.6. The van der Waals surface area contributed by atoms with Gasteiger partial charge in [0.2, 0.25) is 5.91 Å². The van der Waals surface area contributed by atoms with Crippen LogP contribution in [0.1, 0.15) is 45.4 Å². The number of amides is 1. The molecule has 1 aliphatic heterocycles. The molecule has 1 fully saturated rings. The van der Waals surface area contributed by atoms with Crippen LogP contribution in [0.4, 0.5) is 0 Å². The highest BCUT2D eigenvalue weighted by Gasteiger charge is 2.10. The predicted octanol–water partition coefficient (Wildman–Crippen LogP) is 2.75. The first kappa shape index (κ1) is 11.3. The van der Waals surface area contributed by atoms with Gasteiger partial charge in [0.15, 0.2) is 0 Å². The summed E-state index contributed by atoms with van der Waals surface area (Å²) in [6, 6.07) is 0. The van der Waals surface area contributed by atoms with Crippen molar-refractivity contribution in [2.45, 2.75) is 45.4 Å². The average Bonchev–Trinajstić information content (AvgIpc) is 2.30. The molecule has 0 saturated carbocycles. The van der Waals surface area contributed by atoms with Crippen LogP contribution in [-0.4, -0.2) is 23.9 Å². The number of carbonyl (C=O) groups excluding carboxylic acids is 1. The summed E-state index contributed by atoms with van der Waals surface area (Å²) in [7, 11) is 0. The smallest absolute Gasteiger partial charge is 0.246 e. The Hall–Kier alpha value is -0.790. The van der Waals surface area contributed by atoms with E-state index in [2.05, 4.69) is 0 Å². The van der Waals surface area contributed by atoms with Crippen LogP contribution < -0.4 is 0 Å². The molecule has 1 aliphatic rings. The molecule has 1 saturated heterocycles. The maximum atomic E-state index is 11.6. The fourth-order valence-electron chi connectivity index (χ4n) is 1.89. The third-order valence-corrected chi connectivity index (χ3v) is 2.73. The van der Waals surface area contributed by atoms with E-state index in [4.69, 9.17) is 0 Å². The van der Waals surface area contributed by atoms with Crippen LogP contribution in [0.5, 0.6) is 0 Å². The number of hydrogen-bond acceptors (Lipinski definition) is 1. The first-order chi connectivity index (χ1) is 6.84. The number of hydrogen-bond donors (Lipinski definition) is 0. The van der Waals surface area contributed by atoms with Crippen LogP contribution in [0.3, 0.4) is 0 Å². The quantitative estimate of drug-likeness (QED) is 0.589. The fourth-order valence-corrected chi connectivity index (χ4v) is 1.89. The number of carbonyl (C=O) groups is 1. The van der Waals surface area contributed by atoms with E-state index in [1.54, 1.807) is 6.08 Å². The highest BCUT2D eigenvalue weighted by molar-refractivity contribution is 5.87. The zero-order valence-electron chi connectivity index (χ0n) is 9.17. The van der Waals surface area contributed by atoms with Crippen LogP contribution >= 0.6 is 0 Å². The van der Waals surface area contributed by atoms with Gasteiger partial charge in [-0.1, -0.05) is 31.8 Å². The monoisotopic (exact) mass is 195 g/mol. The van der Waals surface area contributed by atoms with Crippen molar-refractivity contribution in [1.82, 2.24) is 4.90 Å². The van der Waals surface area contributed by atoms with Gasteiger partial charge in [0, 0.05) is 13.1 Å². The van der Waals surface area contributed by atoms with Crippen LogP contribution in [0.15, 0.2) is 12.2 Å². The standard InChI is InChI=1S/C12H21NO/c1-2-9-12(14)13-10-7-5-3-4-6-8-11-13/h2,9H,3-8,10-11H2,1H3/b9-2+. The Balaban J connectivity index is 2.42. The third kappa shape index (κ3) is 3.95. The van der Waals surface area contributed by atoms with Gasteiger partial charge < -0.3 is 4.90 Å². The summed E-state index contributed by atoms with van der Waals surface area (Å²) in [6.45, 7) is 3.79. The Morgan fingerprint density at radius 2 is 1.50 bits per heavy atom. The van der Waals surface area contributed by atoms with E-state index >= 15 is 0 Å². The molecule has 0 unspecified atom stereocenters. The van der Waals surface area contributed by atoms with Crippen molar-refractivity contribution < 1.29 is 4.79 Å². The van der Waals surface area contributed by atoms with Crippen molar-refractivity contribution in [3.05, 3.63) is 12.2 Å². The Bertz CT molecular complexity index is 188. The second kappa shape index (κ2) is 6.63. The maximum absolute atomic E-state index is 11.6. The van der Waals surface area contributed by atoms with Crippen molar-refractivity contribution in [2.24, 2.45) is 0 Å². The Kier molecular flexibility index (Phi) is 5.35. The second-order valence-electron chi connectivity index (χ2n) is 3.95. The zero-order valence-corrected chi connectivity index (χ0v) is 9.17. The van der Waals surface area contributed by atoms with E-state index in [-0.39, 0.29) is 5.91 Å². The molecule has 1 rings (SSSR count). The first-order valence-corrected chi connectivity index (χ1v) is 5.76. The summed E-state index contributed by atoms with van der Waals surface area (Å²) >= 11 is 0. The maximum Gasteiger partial charge on any atom is 0.246 e. The molecule has 14 heavy (non-hydrogen) atoms. The molecule has 2 nitrogen and oxygen atoms in total. The summed E-state index contributed by atoms with van der Waals surface area (Å²) in [6.07, 6.45) is 11.1. The molecule has 1 heterocycles. The SMILES string of the molecule is C/C=C/C(=O)N1CCCCCCCC1. The third-order valence-electron chi connectivity index (χ3n) is 2.73. The Morgan fingerprint density at radius 1 is 1.00 bits per heavy atom. The van der Waals surface area contributed by atoms with Crippen molar-refractivity contribution >= 4 is 5.91 Å². The Labute approximate surface area is 87.0 Å². The van der Waals surface area contributed by atoms with E-state index in [0.717, 1.165) is 13.1 Å². The van der Waals surface area contributed by atoms with Gasteiger partial charge in [-0.25, -0.2) is 0 Å². The van der Waals surface area contributed by atoms with Gasteiger partial charge in [-0.05, 0) is 25.8 Å². The molecule has 0 aromatic carbocycles. The highest BCUT2D eigenvalue weighted by atomic mass is 16.2. The van der Waals surface area contributed by atoms with Gasteiger partial charge in [-0.3, -0.25) is 4.79 Å². The zero-order chi connectivity index (χ0) is 10.2. The summed E-state index contributed by atoms with van der Waals surface area (Å²) in [5.41, 5.74) is 0. The van der Waals surface area contributed by atoms with Gasteiger partial charge in [0.1, 0.15) is 0 Å². The molecular weight excluding hydrogens is 174 g/mol. The summed E-state index contributed by atoms with van der Waals surface area (Å²) < 4.78 is 0. The molecule has 1 amide bonds. The molecule has 0 aromatic rings. The minimum absolute atomic E-state index is 0.189.